The summed E-state index contributed by atoms with van der Waals surface area (Å²) in [6, 6.07) is 14.2. The molecule has 0 aromatic heterocycles. The Morgan fingerprint density at radius 1 is 1.10 bits per heavy atom. The van der Waals surface area contributed by atoms with E-state index in [1.165, 1.54) is 11.1 Å². The fourth-order valence-corrected chi connectivity index (χ4v) is 3.45. The van der Waals surface area contributed by atoms with Crippen molar-refractivity contribution in [1.29, 1.82) is 0 Å². The van der Waals surface area contributed by atoms with E-state index >= 15 is 0 Å². The predicted molar refractivity (Wildman–Crippen MR) is 96.8 cm³/mol. The molecule has 21 heavy (non-hydrogen) atoms. The van der Waals surface area contributed by atoms with Gasteiger partial charge in [0.05, 0.1) is 7.11 Å². The summed E-state index contributed by atoms with van der Waals surface area (Å²) in [5, 5.41) is 1.76. The third-order valence-corrected chi connectivity index (χ3v) is 5.21. The molecule has 1 unspecified atom stereocenters. The van der Waals surface area contributed by atoms with Crippen molar-refractivity contribution in [1.82, 2.24) is 0 Å². The molecule has 0 aliphatic heterocycles. The lowest BCUT2D eigenvalue weighted by Gasteiger charge is -2.17. The molecule has 0 saturated carbocycles. The maximum atomic E-state index is 6.26. The lowest BCUT2D eigenvalue weighted by molar-refractivity contribution is 0.405. The number of hydrogen-bond acceptors (Lipinski definition) is 1. The zero-order chi connectivity index (χ0) is 15.2. The Balaban J connectivity index is 2.16. The molecule has 2 aromatic carbocycles. The normalized spacial score (nSPS) is 12.2. The molecule has 0 heterocycles. The molecule has 0 aliphatic rings. The number of methoxy groups -OCH3 is 1. The fraction of sp³-hybridized carbons (Fsp3) is 0.294. The van der Waals surface area contributed by atoms with Gasteiger partial charge in [-0.15, -0.1) is 0 Å². The number of halogens is 3. The van der Waals surface area contributed by atoms with E-state index in [4.69, 9.17) is 16.3 Å². The van der Waals surface area contributed by atoms with Gasteiger partial charge in [0, 0.05) is 14.8 Å². The highest BCUT2D eigenvalue weighted by Gasteiger charge is 2.14. The van der Waals surface area contributed by atoms with Crippen molar-refractivity contribution in [3.63, 3.8) is 0 Å². The van der Waals surface area contributed by atoms with Crippen molar-refractivity contribution in [2.24, 2.45) is 5.92 Å². The van der Waals surface area contributed by atoms with Crippen LogP contribution in [0.1, 0.15) is 11.1 Å². The second kappa shape index (κ2) is 8.21. The molecular weight excluding hydrogens is 415 g/mol. The number of rotatable bonds is 6. The average molecular weight is 433 g/mol. The van der Waals surface area contributed by atoms with Crippen molar-refractivity contribution < 1.29 is 4.74 Å². The first kappa shape index (κ1) is 16.9. The molecule has 0 fully saturated rings. The van der Waals surface area contributed by atoms with E-state index in [-0.39, 0.29) is 0 Å². The molecule has 1 nitrogen and oxygen atoms in total. The lowest BCUT2D eigenvalue weighted by atomic mass is 9.94. The van der Waals surface area contributed by atoms with Crippen LogP contribution >= 0.6 is 43.5 Å². The van der Waals surface area contributed by atoms with Gasteiger partial charge in [-0.25, -0.2) is 0 Å². The first-order valence-electron chi connectivity index (χ1n) is 6.75. The predicted octanol–water partition coefficient (Wildman–Crippen LogP) is 5.91. The van der Waals surface area contributed by atoms with E-state index in [9.17, 15) is 0 Å². The van der Waals surface area contributed by atoms with Crippen LogP contribution in [0, 0.1) is 5.92 Å². The van der Waals surface area contributed by atoms with Crippen LogP contribution in [0.5, 0.6) is 5.75 Å². The molecule has 2 rings (SSSR count). The minimum Gasteiger partial charge on any atom is -0.496 e. The van der Waals surface area contributed by atoms with E-state index in [2.05, 4.69) is 44.0 Å². The summed E-state index contributed by atoms with van der Waals surface area (Å²) >= 11 is 13.4. The minimum atomic E-state index is 0.466. The summed E-state index contributed by atoms with van der Waals surface area (Å²) in [6.45, 7) is 0. The molecular formula is C17H17Br2ClO. The van der Waals surface area contributed by atoms with E-state index in [0.717, 1.165) is 33.4 Å². The van der Waals surface area contributed by atoms with Crippen LogP contribution in [0.3, 0.4) is 0 Å². The molecule has 0 saturated heterocycles. The van der Waals surface area contributed by atoms with Crippen LogP contribution in [0.25, 0.3) is 0 Å². The van der Waals surface area contributed by atoms with Crippen molar-refractivity contribution in [3.8, 4) is 5.75 Å². The monoisotopic (exact) mass is 430 g/mol. The second-order valence-electron chi connectivity index (χ2n) is 4.98. The summed E-state index contributed by atoms with van der Waals surface area (Å²) in [4.78, 5) is 0. The molecule has 0 bridgehead atoms. The lowest BCUT2D eigenvalue weighted by Crippen LogP contribution is -2.11. The minimum absolute atomic E-state index is 0.466. The van der Waals surface area contributed by atoms with Crippen molar-refractivity contribution in [3.05, 3.63) is 63.1 Å². The van der Waals surface area contributed by atoms with E-state index in [0.29, 0.717) is 5.92 Å². The van der Waals surface area contributed by atoms with Gasteiger partial charge in [-0.1, -0.05) is 61.7 Å². The van der Waals surface area contributed by atoms with Gasteiger partial charge in [0.1, 0.15) is 5.75 Å². The first-order valence-corrected chi connectivity index (χ1v) is 9.05. The van der Waals surface area contributed by atoms with Gasteiger partial charge in [-0.2, -0.15) is 0 Å². The van der Waals surface area contributed by atoms with Gasteiger partial charge in [0.25, 0.3) is 0 Å². The van der Waals surface area contributed by atoms with Crippen LogP contribution in [0.2, 0.25) is 5.02 Å². The molecule has 0 radical (unpaired) electrons. The Hall–Kier alpha value is -0.510. The average Bonchev–Trinajstić information content (AvgIpc) is 2.49. The second-order valence-corrected chi connectivity index (χ2v) is 6.95. The Bertz CT molecular complexity index is 601. The Morgan fingerprint density at radius 3 is 2.48 bits per heavy atom. The summed E-state index contributed by atoms with van der Waals surface area (Å²) in [5.74, 6) is 1.40. The van der Waals surface area contributed by atoms with Gasteiger partial charge < -0.3 is 4.74 Å². The summed E-state index contributed by atoms with van der Waals surface area (Å²) < 4.78 is 6.53. The van der Waals surface area contributed by atoms with E-state index < -0.39 is 0 Å². The number of benzene rings is 2. The molecule has 0 aliphatic carbocycles. The highest BCUT2D eigenvalue weighted by Crippen LogP contribution is 2.28. The van der Waals surface area contributed by atoms with Crippen LogP contribution in [-0.2, 0) is 12.8 Å². The highest BCUT2D eigenvalue weighted by atomic mass is 79.9. The standard InChI is InChI=1S/C17H17Br2ClO/c1-21-17-7-6-15(19)10-14(17)9-12(11-18)8-13-4-2-3-5-16(13)20/h2-7,10,12H,8-9,11H2,1H3. The first-order chi connectivity index (χ1) is 10.1. The number of ether oxygens (including phenoxy) is 1. The number of hydrogen-bond donors (Lipinski definition) is 0. The van der Waals surface area contributed by atoms with E-state index in [1.807, 2.05) is 30.3 Å². The zero-order valence-corrected chi connectivity index (χ0v) is 15.7. The topological polar surface area (TPSA) is 9.23 Å². The Labute approximate surface area is 147 Å². The quantitative estimate of drug-likeness (QED) is 0.516. The van der Waals surface area contributed by atoms with Crippen LogP contribution < -0.4 is 4.74 Å². The molecule has 0 N–H and O–H groups in total. The van der Waals surface area contributed by atoms with Crippen LogP contribution in [0.4, 0.5) is 0 Å². The fourth-order valence-electron chi connectivity index (χ4n) is 2.37. The Morgan fingerprint density at radius 2 is 1.81 bits per heavy atom. The van der Waals surface area contributed by atoms with Gasteiger partial charge in [0.15, 0.2) is 0 Å². The molecule has 0 amide bonds. The third kappa shape index (κ3) is 4.73. The molecule has 2 aromatic rings. The molecule has 4 heteroatoms. The zero-order valence-electron chi connectivity index (χ0n) is 11.8. The van der Waals surface area contributed by atoms with Gasteiger partial charge in [-0.3, -0.25) is 0 Å². The smallest absolute Gasteiger partial charge is 0.122 e. The maximum absolute atomic E-state index is 6.26. The SMILES string of the molecule is COc1ccc(Br)cc1CC(CBr)Cc1ccccc1Cl. The van der Waals surface area contributed by atoms with Crippen LogP contribution in [0.15, 0.2) is 46.9 Å². The largest absolute Gasteiger partial charge is 0.496 e. The number of alkyl halides is 1. The highest BCUT2D eigenvalue weighted by molar-refractivity contribution is 9.10. The summed E-state index contributed by atoms with van der Waals surface area (Å²) in [6.07, 6.45) is 1.89. The summed E-state index contributed by atoms with van der Waals surface area (Å²) in [7, 11) is 1.71. The van der Waals surface area contributed by atoms with Crippen molar-refractivity contribution in [2.75, 3.05) is 12.4 Å². The van der Waals surface area contributed by atoms with Gasteiger partial charge in [-0.05, 0) is 54.2 Å². The molecule has 1 atom stereocenters. The molecule has 0 spiro atoms. The van der Waals surface area contributed by atoms with E-state index in [1.54, 1.807) is 7.11 Å². The Kier molecular flexibility index (Phi) is 6.59. The van der Waals surface area contributed by atoms with Gasteiger partial charge >= 0.3 is 0 Å². The maximum Gasteiger partial charge on any atom is 0.122 e. The van der Waals surface area contributed by atoms with Gasteiger partial charge in [0.2, 0.25) is 0 Å². The summed E-state index contributed by atoms with van der Waals surface area (Å²) in [5.41, 5.74) is 2.40. The van der Waals surface area contributed by atoms with Crippen molar-refractivity contribution >= 4 is 43.5 Å². The molecule has 112 valence electrons. The van der Waals surface area contributed by atoms with Crippen LogP contribution in [-0.4, -0.2) is 12.4 Å². The van der Waals surface area contributed by atoms with Crippen molar-refractivity contribution in [2.45, 2.75) is 12.8 Å². The third-order valence-electron chi connectivity index (χ3n) is 3.44.